The maximum atomic E-state index is 11.3. The van der Waals surface area contributed by atoms with E-state index in [1.54, 1.807) is 0 Å². The van der Waals surface area contributed by atoms with Crippen LogP contribution >= 0.6 is 24.8 Å². The van der Waals surface area contributed by atoms with Crippen LogP contribution in [0.5, 0.6) is 0 Å². The lowest BCUT2D eigenvalue weighted by Crippen LogP contribution is -2.57. The number of hydrogen-bond acceptors (Lipinski definition) is 5. The molecule has 20 heavy (non-hydrogen) atoms. The van der Waals surface area contributed by atoms with Gasteiger partial charge in [0.2, 0.25) is 0 Å². The van der Waals surface area contributed by atoms with Gasteiger partial charge in [0.25, 0.3) is 0 Å². The number of rotatable bonds is 5. The third kappa shape index (κ3) is 6.16. The van der Waals surface area contributed by atoms with E-state index in [-0.39, 0.29) is 43.1 Å². The standard InChI is InChI=1S/C11H23BN2O4.2ClH/c1-14(2)9-5-8(3-4-12(17)18)6-11(13,7-9)10(15)16;;/h8-9,17-18H,3-7,13H2,1-2H3,(H,15,16);2*1H. The molecule has 3 atom stereocenters. The normalized spacial score (nSPS) is 29.3. The van der Waals surface area contributed by atoms with E-state index in [1.807, 2.05) is 19.0 Å². The number of hydrogen-bond donors (Lipinski definition) is 4. The summed E-state index contributed by atoms with van der Waals surface area (Å²) in [5.74, 6) is -0.849. The van der Waals surface area contributed by atoms with Gasteiger partial charge in [-0.1, -0.05) is 6.42 Å². The molecule has 9 heteroatoms. The Morgan fingerprint density at radius 1 is 1.35 bits per heavy atom. The molecular formula is C11H25BCl2N2O4. The fourth-order valence-electron chi connectivity index (χ4n) is 2.74. The molecule has 5 N–H and O–H groups in total. The lowest BCUT2D eigenvalue weighted by Gasteiger charge is -2.42. The van der Waals surface area contributed by atoms with E-state index < -0.39 is 18.6 Å². The zero-order valence-electron chi connectivity index (χ0n) is 11.9. The topological polar surface area (TPSA) is 107 Å². The first-order valence-corrected chi connectivity index (χ1v) is 6.29. The Morgan fingerprint density at radius 2 is 1.90 bits per heavy atom. The van der Waals surface area contributed by atoms with Gasteiger partial charge in [0.05, 0.1) is 0 Å². The molecule has 1 rings (SSSR count). The van der Waals surface area contributed by atoms with E-state index in [0.717, 1.165) is 6.42 Å². The lowest BCUT2D eigenvalue weighted by atomic mass is 9.69. The maximum absolute atomic E-state index is 11.3. The fourth-order valence-corrected chi connectivity index (χ4v) is 2.74. The first-order valence-electron chi connectivity index (χ1n) is 6.29. The van der Waals surface area contributed by atoms with E-state index in [9.17, 15) is 9.90 Å². The summed E-state index contributed by atoms with van der Waals surface area (Å²) in [7, 11) is 2.49. The van der Waals surface area contributed by atoms with E-state index in [2.05, 4.69) is 0 Å². The second-order valence-corrected chi connectivity index (χ2v) is 5.65. The van der Waals surface area contributed by atoms with Gasteiger partial charge in [-0.05, 0) is 45.6 Å². The summed E-state index contributed by atoms with van der Waals surface area (Å²) in [6.07, 6.45) is 2.55. The molecule has 0 aromatic rings. The predicted molar refractivity (Wildman–Crippen MR) is 83.5 cm³/mol. The Bertz CT molecular complexity index is 310. The first kappa shape index (κ1) is 22.2. The molecule has 120 valence electrons. The summed E-state index contributed by atoms with van der Waals surface area (Å²) >= 11 is 0. The molecule has 1 saturated carbocycles. The Kier molecular flexibility index (Phi) is 10.1. The van der Waals surface area contributed by atoms with Crippen LogP contribution in [0.15, 0.2) is 0 Å². The van der Waals surface area contributed by atoms with Crippen LogP contribution in [0, 0.1) is 5.92 Å². The summed E-state index contributed by atoms with van der Waals surface area (Å²) < 4.78 is 0. The minimum Gasteiger partial charge on any atom is -0.480 e. The van der Waals surface area contributed by atoms with E-state index in [0.29, 0.717) is 19.3 Å². The molecule has 0 saturated heterocycles. The second-order valence-electron chi connectivity index (χ2n) is 5.65. The summed E-state index contributed by atoms with van der Waals surface area (Å²) in [4.78, 5) is 13.3. The fraction of sp³-hybridized carbons (Fsp3) is 0.909. The van der Waals surface area contributed by atoms with Crippen LogP contribution in [0.4, 0.5) is 0 Å². The monoisotopic (exact) mass is 330 g/mol. The van der Waals surface area contributed by atoms with Gasteiger partial charge in [0.15, 0.2) is 0 Å². The van der Waals surface area contributed by atoms with Gasteiger partial charge in [0, 0.05) is 6.04 Å². The minimum absolute atomic E-state index is 0. The average molecular weight is 331 g/mol. The first-order chi connectivity index (χ1) is 8.24. The summed E-state index contributed by atoms with van der Waals surface area (Å²) in [6, 6.07) is 0.126. The maximum Gasteiger partial charge on any atom is 0.451 e. The Morgan fingerprint density at radius 3 is 2.30 bits per heavy atom. The highest BCUT2D eigenvalue weighted by Gasteiger charge is 2.43. The number of aliphatic carboxylic acids is 1. The molecule has 1 aliphatic rings. The molecule has 0 bridgehead atoms. The number of nitrogens with zero attached hydrogens (tertiary/aromatic N) is 1. The Hall–Kier alpha value is -0.0451. The predicted octanol–water partition coefficient (Wildman–Crippen LogP) is 0.205. The minimum atomic E-state index is -1.33. The number of carboxylic acid groups (broad SMARTS) is 1. The van der Waals surface area contributed by atoms with Gasteiger partial charge in [-0.25, -0.2) is 0 Å². The quantitative estimate of drug-likeness (QED) is 0.537. The van der Waals surface area contributed by atoms with Crippen molar-refractivity contribution >= 4 is 37.9 Å². The molecule has 0 radical (unpaired) electrons. The number of carbonyl (C=O) groups is 1. The van der Waals surface area contributed by atoms with Crippen LogP contribution in [-0.2, 0) is 4.79 Å². The molecule has 1 fully saturated rings. The van der Waals surface area contributed by atoms with Gasteiger partial charge in [-0.3, -0.25) is 4.79 Å². The van der Waals surface area contributed by atoms with E-state index >= 15 is 0 Å². The Labute approximate surface area is 132 Å². The van der Waals surface area contributed by atoms with Crippen molar-refractivity contribution in [3.8, 4) is 0 Å². The molecule has 6 nitrogen and oxygen atoms in total. The Balaban J connectivity index is 0. The highest BCUT2D eigenvalue weighted by atomic mass is 35.5. The van der Waals surface area contributed by atoms with Crippen molar-refractivity contribution in [1.29, 1.82) is 0 Å². The molecule has 0 aromatic carbocycles. The smallest absolute Gasteiger partial charge is 0.451 e. The molecule has 0 aromatic heterocycles. The molecule has 0 heterocycles. The largest absolute Gasteiger partial charge is 0.480 e. The van der Waals surface area contributed by atoms with Crippen LogP contribution < -0.4 is 5.73 Å². The molecule has 0 amide bonds. The molecule has 3 unspecified atom stereocenters. The van der Waals surface area contributed by atoms with Crippen LogP contribution in [-0.4, -0.2) is 58.8 Å². The second kappa shape index (κ2) is 9.07. The van der Waals surface area contributed by atoms with Crippen molar-refractivity contribution in [2.24, 2.45) is 11.7 Å². The molecule has 1 aliphatic carbocycles. The zero-order valence-corrected chi connectivity index (χ0v) is 13.5. The summed E-state index contributed by atoms with van der Waals surface area (Å²) in [6.45, 7) is 0. The highest BCUT2D eigenvalue weighted by molar-refractivity contribution is 6.40. The van der Waals surface area contributed by atoms with Crippen molar-refractivity contribution in [3.63, 3.8) is 0 Å². The number of carboxylic acids is 1. The zero-order chi connectivity index (χ0) is 13.9. The molecular weight excluding hydrogens is 306 g/mol. The van der Waals surface area contributed by atoms with Gasteiger partial charge in [0.1, 0.15) is 5.54 Å². The third-order valence-electron chi connectivity index (χ3n) is 3.85. The molecule has 0 spiro atoms. The number of nitrogens with two attached hydrogens (primary N) is 1. The van der Waals surface area contributed by atoms with Gasteiger partial charge in [-0.2, -0.15) is 0 Å². The summed E-state index contributed by atoms with van der Waals surface area (Å²) in [5, 5.41) is 27.0. The SMILES string of the molecule is CN(C)C1CC(CCB(O)O)CC(N)(C(=O)O)C1.Cl.Cl. The van der Waals surface area contributed by atoms with Gasteiger partial charge < -0.3 is 25.8 Å². The lowest BCUT2D eigenvalue weighted by molar-refractivity contribution is -0.146. The highest BCUT2D eigenvalue weighted by Crippen LogP contribution is 2.35. The van der Waals surface area contributed by atoms with Crippen molar-refractivity contribution in [1.82, 2.24) is 4.90 Å². The molecule has 0 aliphatic heterocycles. The third-order valence-corrected chi connectivity index (χ3v) is 3.85. The van der Waals surface area contributed by atoms with Crippen molar-refractivity contribution in [2.75, 3.05) is 14.1 Å². The van der Waals surface area contributed by atoms with Gasteiger partial charge >= 0.3 is 13.1 Å². The van der Waals surface area contributed by atoms with Crippen molar-refractivity contribution < 1.29 is 19.9 Å². The van der Waals surface area contributed by atoms with E-state index in [1.165, 1.54) is 0 Å². The van der Waals surface area contributed by atoms with Crippen LogP contribution in [0.2, 0.25) is 6.32 Å². The van der Waals surface area contributed by atoms with Crippen molar-refractivity contribution in [2.45, 2.75) is 43.6 Å². The van der Waals surface area contributed by atoms with E-state index in [4.69, 9.17) is 15.8 Å². The summed E-state index contributed by atoms with van der Waals surface area (Å²) in [5.41, 5.74) is 4.78. The van der Waals surface area contributed by atoms with Crippen LogP contribution in [0.25, 0.3) is 0 Å². The average Bonchev–Trinajstić information content (AvgIpc) is 2.25. The van der Waals surface area contributed by atoms with Crippen LogP contribution in [0.1, 0.15) is 25.7 Å². The van der Waals surface area contributed by atoms with Crippen molar-refractivity contribution in [3.05, 3.63) is 0 Å². The van der Waals surface area contributed by atoms with Crippen LogP contribution in [0.3, 0.4) is 0 Å². The van der Waals surface area contributed by atoms with Gasteiger partial charge in [-0.15, -0.1) is 24.8 Å². The number of halogens is 2.